The number of aromatic nitrogens is 2. The van der Waals surface area contributed by atoms with Crippen LogP contribution in [0.25, 0.3) is 0 Å². The molecule has 0 saturated carbocycles. The smallest absolute Gasteiger partial charge is 0.111 e. The van der Waals surface area contributed by atoms with Crippen LogP contribution in [0.15, 0.2) is 12.3 Å². The summed E-state index contributed by atoms with van der Waals surface area (Å²) in [5, 5.41) is 23.0. The van der Waals surface area contributed by atoms with E-state index in [0.717, 1.165) is 18.7 Å². The van der Waals surface area contributed by atoms with Gasteiger partial charge in [0.15, 0.2) is 0 Å². The number of aliphatic hydroxyl groups is 1. The summed E-state index contributed by atoms with van der Waals surface area (Å²) in [6, 6.07) is 3.90. The predicted molar refractivity (Wildman–Crippen MR) is 56.9 cm³/mol. The monoisotopic (exact) mass is 207 g/mol. The number of hydrogen-bond acceptors (Lipinski definition) is 3. The largest absolute Gasteiger partial charge is 0.385 e. The van der Waals surface area contributed by atoms with Gasteiger partial charge in [0.1, 0.15) is 6.10 Å². The summed E-state index contributed by atoms with van der Waals surface area (Å²) < 4.78 is 1.77. The number of nitrogens with zero attached hydrogens (tertiary/aromatic N) is 3. The van der Waals surface area contributed by atoms with E-state index in [2.05, 4.69) is 18.1 Å². The Hall–Kier alpha value is -1.34. The topological polar surface area (TPSA) is 61.8 Å². The predicted octanol–water partition coefficient (Wildman–Crippen LogP) is 1.88. The molecule has 0 amide bonds. The zero-order valence-electron chi connectivity index (χ0n) is 9.22. The van der Waals surface area contributed by atoms with Crippen LogP contribution in [0, 0.1) is 17.2 Å². The van der Waals surface area contributed by atoms with Gasteiger partial charge in [-0.1, -0.05) is 13.8 Å². The molecule has 0 aliphatic heterocycles. The van der Waals surface area contributed by atoms with Crippen molar-refractivity contribution < 1.29 is 5.11 Å². The third-order valence-electron chi connectivity index (χ3n) is 2.47. The number of rotatable bonds is 5. The van der Waals surface area contributed by atoms with Crippen LogP contribution in [0.5, 0.6) is 0 Å². The Morgan fingerprint density at radius 1 is 1.60 bits per heavy atom. The lowest BCUT2D eigenvalue weighted by Crippen LogP contribution is -2.15. The molecular formula is C11H17N3O. The Kier molecular flexibility index (Phi) is 4.32. The Morgan fingerprint density at radius 3 is 2.87 bits per heavy atom. The summed E-state index contributed by atoms with van der Waals surface area (Å²) in [6.07, 6.45) is 2.55. The molecule has 4 nitrogen and oxygen atoms in total. The molecule has 1 rings (SSSR count). The Morgan fingerprint density at radius 2 is 2.33 bits per heavy atom. The second kappa shape index (κ2) is 5.52. The number of nitriles is 1. The van der Waals surface area contributed by atoms with Gasteiger partial charge in [0, 0.05) is 12.7 Å². The summed E-state index contributed by atoms with van der Waals surface area (Å²) >= 11 is 0. The van der Waals surface area contributed by atoms with Crippen LogP contribution < -0.4 is 0 Å². The zero-order chi connectivity index (χ0) is 11.3. The molecule has 0 radical (unpaired) electrons. The molecule has 1 aromatic rings. The molecule has 1 heterocycles. The van der Waals surface area contributed by atoms with Gasteiger partial charge >= 0.3 is 0 Å². The maximum Gasteiger partial charge on any atom is 0.111 e. The summed E-state index contributed by atoms with van der Waals surface area (Å²) in [5.74, 6) is -0.350. The van der Waals surface area contributed by atoms with Gasteiger partial charge in [0.2, 0.25) is 0 Å². The van der Waals surface area contributed by atoms with Crippen LogP contribution in [-0.4, -0.2) is 14.9 Å². The molecule has 0 aliphatic rings. The maximum absolute atomic E-state index is 9.99. The van der Waals surface area contributed by atoms with E-state index in [1.54, 1.807) is 16.9 Å². The van der Waals surface area contributed by atoms with Crippen molar-refractivity contribution in [3.8, 4) is 6.07 Å². The van der Waals surface area contributed by atoms with E-state index in [1.165, 1.54) is 0 Å². The first-order valence-corrected chi connectivity index (χ1v) is 5.33. The Bertz CT molecular complexity index is 340. The number of hydrogen-bond donors (Lipinski definition) is 1. The van der Waals surface area contributed by atoms with E-state index in [-0.39, 0.29) is 5.92 Å². The van der Waals surface area contributed by atoms with Gasteiger partial charge in [-0.15, -0.1) is 0 Å². The third-order valence-corrected chi connectivity index (χ3v) is 2.47. The normalized spacial score (nSPS) is 14.5. The minimum atomic E-state index is -0.728. The van der Waals surface area contributed by atoms with Crippen LogP contribution in [0.1, 0.15) is 38.5 Å². The highest BCUT2D eigenvalue weighted by molar-refractivity contribution is 5.09. The number of aryl methyl sites for hydroxylation is 1. The Labute approximate surface area is 90.1 Å². The number of aliphatic hydroxyl groups excluding tert-OH is 1. The fourth-order valence-corrected chi connectivity index (χ4v) is 1.58. The molecule has 2 unspecified atom stereocenters. The fourth-order valence-electron chi connectivity index (χ4n) is 1.58. The summed E-state index contributed by atoms with van der Waals surface area (Å²) in [6.45, 7) is 4.73. The quantitative estimate of drug-likeness (QED) is 0.801. The molecule has 1 N–H and O–H groups in total. The lowest BCUT2D eigenvalue weighted by Gasteiger charge is -2.16. The lowest BCUT2D eigenvalue weighted by atomic mass is 9.99. The molecule has 0 fully saturated rings. The van der Waals surface area contributed by atoms with Crippen LogP contribution in [0.4, 0.5) is 0 Å². The molecule has 0 bridgehead atoms. The van der Waals surface area contributed by atoms with Crippen LogP contribution in [-0.2, 0) is 6.54 Å². The second-order valence-electron chi connectivity index (χ2n) is 3.57. The first-order valence-electron chi connectivity index (χ1n) is 5.33. The highest BCUT2D eigenvalue weighted by atomic mass is 16.3. The van der Waals surface area contributed by atoms with Crippen LogP contribution >= 0.6 is 0 Å². The molecule has 0 spiro atoms. The fraction of sp³-hybridized carbons (Fsp3) is 0.636. The minimum absolute atomic E-state index is 0.350. The van der Waals surface area contributed by atoms with Crippen molar-refractivity contribution in [3.05, 3.63) is 18.0 Å². The minimum Gasteiger partial charge on any atom is -0.385 e. The molecule has 0 saturated heterocycles. The molecule has 0 aromatic carbocycles. The molecule has 4 heteroatoms. The summed E-state index contributed by atoms with van der Waals surface area (Å²) in [5.41, 5.74) is 0.741. The van der Waals surface area contributed by atoms with Crippen molar-refractivity contribution in [1.82, 2.24) is 9.78 Å². The Balaban J connectivity index is 2.85. The van der Waals surface area contributed by atoms with Gasteiger partial charge in [-0.2, -0.15) is 10.4 Å². The molecule has 1 aromatic heterocycles. The van der Waals surface area contributed by atoms with Crippen LogP contribution in [0.3, 0.4) is 0 Å². The lowest BCUT2D eigenvalue weighted by molar-refractivity contribution is 0.122. The van der Waals surface area contributed by atoms with E-state index < -0.39 is 6.10 Å². The van der Waals surface area contributed by atoms with Gasteiger partial charge in [0.05, 0.1) is 17.7 Å². The van der Waals surface area contributed by atoms with Crippen molar-refractivity contribution in [2.24, 2.45) is 5.92 Å². The molecule has 82 valence electrons. The van der Waals surface area contributed by atoms with Gasteiger partial charge in [0.25, 0.3) is 0 Å². The average molecular weight is 207 g/mol. The summed E-state index contributed by atoms with van der Waals surface area (Å²) in [7, 11) is 0. The van der Waals surface area contributed by atoms with Crippen molar-refractivity contribution in [2.45, 2.75) is 39.3 Å². The average Bonchev–Trinajstić information content (AvgIpc) is 2.68. The first-order chi connectivity index (χ1) is 7.24. The van der Waals surface area contributed by atoms with Crippen molar-refractivity contribution in [2.75, 3.05) is 0 Å². The third kappa shape index (κ3) is 2.57. The molecular weight excluding hydrogens is 190 g/mol. The van der Waals surface area contributed by atoms with Gasteiger partial charge < -0.3 is 5.11 Å². The van der Waals surface area contributed by atoms with E-state index in [0.29, 0.717) is 6.42 Å². The van der Waals surface area contributed by atoms with Crippen molar-refractivity contribution >= 4 is 0 Å². The zero-order valence-corrected chi connectivity index (χ0v) is 9.22. The van der Waals surface area contributed by atoms with Gasteiger partial charge in [-0.05, 0) is 18.9 Å². The van der Waals surface area contributed by atoms with E-state index >= 15 is 0 Å². The highest BCUT2D eigenvalue weighted by Crippen LogP contribution is 2.23. The highest BCUT2D eigenvalue weighted by Gasteiger charge is 2.21. The van der Waals surface area contributed by atoms with E-state index in [1.807, 2.05) is 6.92 Å². The van der Waals surface area contributed by atoms with Crippen molar-refractivity contribution in [3.63, 3.8) is 0 Å². The van der Waals surface area contributed by atoms with Gasteiger partial charge in [-0.3, -0.25) is 4.68 Å². The molecule has 15 heavy (non-hydrogen) atoms. The van der Waals surface area contributed by atoms with E-state index in [9.17, 15) is 5.11 Å². The standard InChI is InChI=1S/C11H17N3O/c1-3-7-14-10(5-6-13-14)11(15)9(4-2)8-12/h5-6,9,11,15H,3-4,7H2,1-2H3. The molecule has 0 aliphatic carbocycles. The van der Waals surface area contributed by atoms with Crippen LogP contribution in [0.2, 0.25) is 0 Å². The molecule has 2 atom stereocenters. The van der Waals surface area contributed by atoms with Gasteiger partial charge in [-0.25, -0.2) is 0 Å². The van der Waals surface area contributed by atoms with E-state index in [4.69, 9.17) is 5.26 Å². The van der Waals surface area contributed by atoms with Crippen molar-refractivity contribution in [1.29, 1.82) is 5.26 Å². The summed E-state index contributed by atoms with van der Waals surface area (Å²) in [4.78, 5) is 0. The second-order valence-corrected chi connectivity index (χ2v) is 3.57. The first kappa shape index (κ1) is 11.7. The SMILES string of the molecule is CCCn1nccc1C(O)C(C#N)CC. The maximum atomic E-state index is 9.99.